The molecule has 0 spiro atoms. The van der Waals surface area contributed by atoms with E-state index in [4.69, 9.17) is 9.88 Å². The Bertz CT molecular complexity index is 578. The SMILES string of the molecule is Cc1cc(S(N)(=O)=O)cc(NCC2CCOCC2)c1C. The van der Waals surface area contributed by atoms with E-state index in [-0.39, 0.29) is 4.90 Å². The molecule has 1 aromatic carbocycles. The Hall–Kier alpha value is -1.11. The van der Waals surface area contributed by atoms with Gasteiger partial charge in [0.15, 0.2) is 0 Å². The monoisotopic (exact) mass is 298 g/mol. The molecule has 1 aromatic rings. The number of hydrogen-bond donors (Lipinski definition) is 2. The molecule has 0 amide bonds. The maximum atomic E-state index is 11.5. The largest absolute Gasteiger partial charge is 0.385 e. The van der Waals surface area contributed by atoms with Crippen LogP contribution in [0.2, 0.25) is 0 Å². The van der Waals surface area contributed by atoms with Crippen LogP contribution >= 0.6 is 0 Å². The van der Waals surface area contributed by atoms with E-state index in [0.29, 0.717) is 5.92 Å². The summed E-state index contributed by atoms with van der Waals surface area (Å²) >= 11 is 0. The van der Waals surface area contributed by atoms with Gasteiger partial charge in [-0.25, -0.2) is 13.6 Å². The molecule has 0 bridgehead atoms. The van der Waals surface area contributed by atoms with Crippen LogP contribution in [0.25, 0.3) is 0 Å². The molecule has 3 N–H and O–H groups in total. The van der Waals surface area contributed by atoms with Gasteiger partial charge in [0, 0.05) is 25.4 Å². The van der Waals surface area contributed by atoms with Gasteiger partial charge in [-0.3, -0.25) is 0 Å². The Balaban J connectivity index is 2.15. The fourth-order valence-corrected chi connectivity index (χ4v) is 3.00. The van der Waals surface area contributed by atoms with Crippen LogP contribution in [0.1, 0.15) is 24.0 Å². The average molecular weight is 298 g/mol. The number of sulfonamides is 1. The maximum absolute atomic E-state index is 11.5. The lowest BCUT2D eigenvalue weighted by Gasteiger charge is -2.23. The van der Waals surface area contributed by atoms with Crippen molar-refractivity contribution in [3.8, 4) is 0 Å². The zero-order valence-electron chi connectivity index (χ0n) is 12.0. The fourth-order valence-electron chi connectivity index (χ4n) is 2.38. The van der Waals surface area contributed by atoms with Gasteiger partial charge in [0.05, 0.1) is 4.90 Å². The van der Waals surface area contributed by atoms with Crippen molar-refractivity contribution in [1.29, 1.82) is 0 Å². The summed E-state index contributed by atoms with van der Waals surface area (Å²) in [5.74, 6) is 0.571. The van der Waals surface area contributed by atoms with Crippen LogP contribution in [0.5, 0.6) is 0 Å². The zero-order valence-corrected chi connectivity index (χ0v) is 12.8. The van der Waals surface area contributed by atoms with Crippen LogP contribution < -0.4 is 10.5 Å². The third kappa shape index (κ3) is 3.71. The smallest absolute Gasteiger partial charge is 0.238 e. The van der Waals surface area contributed by atoms with E-state index >= 15 is 0 Å². The van der Waals surface area contributed by atoms with Crippen LogP contribution in [0.4, 0.5) is 5.69 Å². The van der Waals surface area contributed by atoms with E-state index in [9.17, 15) is 8.42 Å². The third-order valence-corrected chi connectivity index (χ3v) is 4.78. The van der Waals surface area contributed by atoms with Gasteiger partial charge in [-0.05, 0) is 55.9 Å². The highest BCUT2D eigenvalue weighted by Gasteiger charge is 2.16. The topological polar surface area (TPSA) is 81.4 Å². The predicted octanol–water partition coefficient (Wildman–Crippen LogP) is 1.79. The molecule has 5 nitrogen and oxygen atoms in total. The Morgan fingerprint density at radius 3 is 2.55 bits per heavy atom. The van der Waals surface area contributed by atoms with Crippen molar-refractivity contribution in [2.24, 2.45) is 11.1 Å². The number of nitrogens with two attached hydrogens (primary N) is 1. The van der Waals surface area contributed by atoms with Crippen LogP contribution in [-0.4, -0.2) is 28.2 Å². The Morgan fingerprint density at radius 1 is 1.30 bits per heavy atom. The second-order valence-electron chi connectivity index (χ2n) is 5.39. The summed E-state index contributed by atoms with van der Waals surface area (Å²) in [6, 6.07) is 3.24. The number of hydrogen-bond acceptors (Lipinski definition) is 4. The first-order valence-electron chi connectivity index (χ1n) is 6.83. The molecule has 0 atom stereocenters. The zero-order chi connectivity index (χ0) is 14.8. The van der Waals surface area contributed by atoms with E-state index < -0.39 is 10.0 Å². The van der Waals surface area contributed by atoms with E-state index in [1.807, 2.05) is 13.8 Å². The molecule has 2 rings (SSSR count). The lowest BCUT2D eigenvalue weighted by molar-refractivity contribution is 0.0699. The van der Waals surface area contributed by atoms with Gasteiger partial charge in [0.25, 0.3) is 0 Å². The summed E-state index contributed by atoms with van der Waals surface area (Å²) in [5, 5.41) is 8.57. The summed E-state index contributed by atoms with van der Waals surface area (Å²) in [4.78, 5) is 0.162. The van der Waals surface area contributed by atoms with Gasteiger partial charge in [-0.15, -0.1) is 0 Å². The molecule has 1 aliphatic heterocycles. The molecule has 1 heterocycles. The number of nitrogens with one attached hydrogen (secondary N) is 1. The van der Waals surface area contributed by atoms with Gasteiger partial charge < -0.3 is 10.1 Å². The van der Waals surface area contributed by atoms with Crippen LogP contribution in [0.15, 0.2) is 17.0 Å². The second-order valence-corrected chi connectivity index (χ2v) is 6.96. The summed E-state index contributed by atoms with van der Waals surface area (Å²) < 4.78 is 28.3. The molecule has 0 radical (unpaired) electrons. The van der Waals surface area contributed by atoms with Crippen LogP contribution in [0.3, 0.4) is 0 Å². The molecule has 20 heavy (non-hydrogen) atoms. The minimum absolute atomic E-state index is 0.162. The first-order chi connectivity index (χ1) is 9.38. The van der Waals surface area contributed by atoms with Crippen molar-refractivity contribution < 1.29 is 13.2 Å². The summed E-state index contributed by atoms with van der Waals surface area (Å²) in [7, 11) is -3.67. The molecule has 0 unspecified atom stereocenters. The number of anilines is 1. The Labute approximate surface area is 120 Å². The van der Waals surface area contributed by atoms with Crippen molar-refractivity contribution in [2.45, 2.75) is 31.6 Å². The first kappa shape index (κ1) is 15.3. The standard InChI is InChI=1S/C14H22N2O3S/c1-10-7-13(20(15,17)18)8-14(11(10)2)16-9-12-3-5-19-6-4-12/h7-8,12,16H,3-6,9H2,1-2H3,(H2,15,17,18). The predicted molar refractivity (Wildman–Crippen MR) is 79.3 cm³/mol. The molecule has 1 saturated heterocycles. The summed E-state index contributed by atoms with van der Waals surface area (Å²) in [5.41, 5.74) is 2.83. The van der Waals surface area contributed by atoms with Crippen molar-refractivity contribution in [3.05, 3.63) is 23.3 Å². The van der Waals surface area contributed by atoms with Gasteiger partial charge in [-0.2, -0.15) is 0 Å². The molecule has 0 aliphatic carbocycles. The first-order valence-corrected chi connectivity index (χ1v) is 8.38. The van der Waals surface area contributed by atoms with Crippen molar-refractivity contribution >= 4 is 15.7 Å². The van der Waals surface area contributed by atoms with Crippen LogP contribution in [0, 0.1) is 19.8 Å². The van der Waals surface area contributed by atoms with Crippen LogP contribution in [-0.2, 0) is 14.8 Å². The third-order valence-electron chi connectivity index (χ3n) is 3.89. The van der Waals surface area contributed by atoms with Crippen molar-refractivity contribution in [1.82, 2.24) is 0 Å². The molecular formula is C14H22N2O3S. The molecule has 1 fully saturated rings. The van der Waals surface area contributed by atoms with E-state index in [2.05, 4.69) is 5.32 Å². The minimum atomic E-state index is -3.67. The van der Waals surface area contributed by atoms with E-state index in [1.165, 1.54) is 0 Å². The number of ether oxygens (including phenoxy) is 1. The van der Waals surface area contributed by atoms with Crippen molar-refractivity contribution in [3.63, 3.8) is 0 Å². The van der Waals surface area contributed by atoms with Gasteiger partial charge in [-0.1, -0.05) is 0 Å². The number of rotatable bonds is 4. The quantitative estimate of drug-likeness (QED) is 0.888. The fraction of sp³-hybridized carbons (Fsp3) is 0.571. The highest BCUT2D eigenvalue weighted by atomic mass is 32.2. The summed E-state index contributed by atoms with van der Waals surface area (Å²) in [6.07, 6.45) is 2.08. The number of benzene rings is 1. The number of primary sulfonamides is 1. The molecule has 112 valence electrons. The highest BCUT2D eigenvalue weighted by molar-refractivity contribution is 7.89. The van der Waals surface area contributed by atoms with Gasteiger partial charge in [0.2, 0.25) is 10.0 Å². The minimum Gasteiger partial charge on any atom is -0.385 e. The Kier molecular flexibility index (Phi) is 4.67. The highest BCUT2D eigenvalue weighted by Crippen LogP contribution is 2.24. The maximum Gasteiger partial charge on any atom is 0.238 e. The Morgan fingerprint density at radius 2 is 1.95 bits per heavy atom. The second kappa shape index (κ2) is 6.11. The van der Waals surface area contributed by atoms with E-state index in [0.717, 1.165) is 49.4 Å². The molecular weight excluding hydrogens is 276 g/mol. The molecule has 0 aromatic heterocycles. The van der Waals surface area contributed by atoms with Gasteiger partial charge in [0.1, 0.15) is 0 Å². The summed E-state index contributed by atoms with van der Waals surface area (Å²) in [6.45, 7) is 6.32. The molecule has 6 heteroatoms. The van der Waals surface area contributed by atoms with Crippen molar-refractivity contribution in [2.75, 3.05) is 25.1 Å². The normalized spacial score (nSPS) is 17.1. The molecule has 0 saturated carbocycles. The number of aryl methyl sites for hydroxylation is 1. The molecule has 1 aliphatic rings. The average Bonchev–Trinajstić information content (AvgIpc) is 2.40. The van der Waals surface area contributed by atoms with E-state index in [1.54, 1.807) is 12.1 Å². The van der Waals surface area contributed by atoms with Gasteiger partial charge >= 0.3 is 0 Å². The lowest BCUT2D eigenvalue weighted by atomic mass is 10.00. The lowest BCUT2D eigenvalue weighted by Crippen LogP contribution is -2.23.